The van der Waals surface area contributed by atoms with Gasteiger partial charge in [-0.15, -0.1) is 0 Å². The van der Waals surface area contributed by atoms with Gasteiger partial charge in [-0.1, -0.05) is 6.07 Å². The second-order valence-corrected chi connectivity index (χ2v) is 2.56. The highest BCUT2D eigenvalue weighted by Gasteiger charge is 1.94. The van der Waals surface area contributed by atoms with Gasteiger partial charge in [-0.2, -0.15) is 0 Å². The van der Waals surface area contributed by atoms with Crippen LogP contribution in [-0.4, -0.2) is 9.71 Å². The number of aryl methyl sites for hydroxylation is 1. The lowest BCUT2D eigenvalue weighted by Crippen LogP contribution is -1.81. The first kappa shape index (κ1) is 6.22. The van der Waals surface area contributed by atoms with E-state index in [1.54, 1.807) is 0 Å². The average Bonchev–Trinajstić information content (AvgIpc) is 2.33. The van der Waals surface area contributed by atoms with Gasteiger partial charge in [0.25, 0.3) is 0 Å². The van der Waals surface area contributed by atoms with Crippen molar-refractivity contribution in [1.29, 1.82) is 0 Å². The zero-order valence-corrected chi connectivity index (χ0v) is 6.11. The molecule has 11 heavy (non-hydrogen) atoms. The molecule has 3 nitrogen and oxygen atoms in total. The monoisotopic (exact) mass is 147 g/mol. The first-order valence-corrected chi connectivity index (χ1v) is 3.38. The molecular formula is C8H7N2O-. The van der Waals surface area contributed by atoms with E-state index in [4.69, 9.17) is 0 Å². The summed E-state index contributed by atoms with van der Waals surface area (Å²) in [5.41, 5.74) is 2.48. The van der Waals surface area contributed by atoms with Crippen molar-refractivity contribution in [3.05, 3.63) is 35.3 Å². The molecule has 3 heteroatoms. The third-order valence-corrected chi connectivity index (χ3v) is 1.67. The van der Waals surface area contributed by atoms with Crippen molar-refractivity contribution in [1.82, 2.24) is 9.71 Å². The lowest BCUT2D eigenvalue weighted by Gasteiger charge is -2.05. The number of fused-ring (bicyclic) bond motifs is 1. The molecule has 1 aromatic carbocycles. The molecule has 0 saturated heterocycles. The molecule has 0 atom stereocenters. The largest absolute Gasteiger partial charge is 0.805 e. The molecule has 2 aromatic rings. The fourth-order valence-electron chi connectivity index (χ4n) is 1.10. The molecule has 0 amide bonds. The Hall–Kier alpha value is -1.51. The molecule has 0 fully saturated rings. The molecule has 1 aromatic heterocycles. The fourth-order valence-corrected chi connectivity index (χ4v) is 1.10. The lowest BCUT2D eigenvalue weighted by atomic mass is 10.2. The molecule has 0 aliphatic heterocycles. The number of benzene rings is 1. The maximum atomic E-state index is 11.0. The van der Waals surface area contributed by atoms with Crippen LogP contribution in [-0.2, 0) is 0 Å². The Morgan fingerprint density at radius 3 is 3.09 bits per heavy atom. The molecule has 1 heterocycles. The van der Waals surface area contributed by atoms with Crippen LogP contribution in [0.3, 0.4) is 0 Å². The normalized spacial score (nSPS) is 10.6. The number of hydrogen-bond acceptors (Lipinski definition) is 2. The van der Waals surface area contributed by atoms with Crippen LogP contribution in [0.15, 0.2) is 24.5 Å². The van der Waals surface area contributed by atoms with Gasteiger partial charge in [-0.05, 0) is 24.6 Å². The average molecular weight is 147 g/mol. The van der Waals surface area contributed by atoms with Crippen LogP contribution >= 0.6 is 0 Å². The summed E-state index contributed by atoms with van der Waals surface area (Å²) < 4.78 is 0.780. The van der Waals surface area contributed by atoms with Crippen LogP contribution in [0.25, 0.3) is 11.0 Å². The van der Waals surface area contributed by atoms with Gasteiger partial charge < -0.3 is 9.94 Å². The molecule has 0 N–H and O–H groups in total. The smallest absolute Gasteiger partial charge is 0.0911 e. The summed E-state index contributed by atoms with van der Waals surface area (Å²) in [4.78, 5) is 3.91. The molecular weight excluding hydrogens is 140 g/mol. The molecule has 2 rings (SSSR count). The van der Waals surface area contributed by atoms with E-state index >= 15 is 0 Å². The van der Waals surface area contributed by atoms with Crippen molar-refractivity contribution in [2.45, 2.75) is 6.92 Å². The molecule has 0 bridgehead atoms. The minimum absolute atomic E-state index is 0.644. The van der Waals surface area contributed by atoms with Crippen molar-refractivity contribution < 1.29 is 0 Å². The summed E-state index contributed by atoms with van der Waals surface area (Å²) in [6.07, 6.45) is 1.28. The predicted octanol–water partition coefficient (Wildman–Crippen LogP) is 1.69. The highest BCUT2D eigenvalue weighted by molar-refractivity contribution is 5.76. The van der Waals surface area contributed by atoms with E-state index < -0.39 is 0 Å². The number of aromatic nitrogens is 2. The van der Waals surface area contributed by atoms with Crippen LogP contribution in [0.5, 0.6) is 0 Å². The number of rotatable bonds is 0. The Labute approximate surface area is 63.9 Å². The van der Waals surface area contributed by atoms with Gasteiger partial charge in [-0.25, -0.2) is 4.98 Å². The molecule has 0 radical (unpaired) electrons. The third kappa shape index (κ3) is 0.852. The van der Waals surface area contributed by atoms with Crippen LogP contribution in [0.4, 0.5) is 0 Å². The SMILES string of the molecule is Cc1ccc2ncn([O-])c2c1. The van der Waals surface area contributed by atoms with E-state index in [0.29, 0.717) is 5.52 Å². The van der Waals surface area contributed by atoms with E-state index in [1.165, 1.54) is 6.33 Å². The van der Waals surface area contributed by atoms with Crippen LogP contribution < -0.4 is 0 Å². The third-order valence-electron chi connectivity index (χ3n) is 1.67. The van der Waals surface area contributed by atoms with Crippen molar-refractivity contribution >= 4 is 11.0 Å². The lowest BCUT2D eigenvalue weighted by molar-refractivity contribution is 1.11. The maximum absolute atomic E-state index is 11.0. The number of hydrogen-bond donors (Lipinski definition) is 0. The number of imidazole rings is 1. The Morgan fingerprint density at radius 2 is 2.27 bits per heavy atom. The highest BCUT2D eigenvalue weighted by Crippen LogP contribution is 2.12. The van der Waals surface area contributed by atoms with Gasteiger partial charge in [0.05, 0.1) is 17.4 Å². The zero-order valence-electron chi connectivity index (χ0n) is 6.11. The van der Waals surface area contributed by atoms with Gasteiger partial charge in [-0.3, -0.25) is 0 Å². The zero-order chi connectivity index (χ0) is 7.84. The van der Waals surface area contributed by atoms with Crippen molar-refractivity contribution in [2.24, 2.45) is 0 Å². The first-order valence-electron chi connectivity index (χ1n) is 3.38. The van der Waals surface area contributed by atoms with E-state index in [-0.39, 0.29) is 0 Å². The quantitative estimate of drug-likeness (QED) is 0.569. The minimum atomic E-state index is 0.644. The summed E-state index contributed by atoms with van der Waals surface area (Å²) in [5.74, 6) is 0. The molecule has 56 valence electrons. The molecule has 0 spiro atoms. The van der Waals surface area contributed by atoms with Crippen LogP contribution in [0, 0.1) is 12.1 Å². The first-order chi connectivity index (χ1) is 5.27. The predicted molar refractivity (Wildman–Crippen MR) is 43.2 cm³/mol. The Morgan fingerprint density at radius 1 is 1.45 bits per heavy atom. The number of nitrogens with zero attached hydrogens (tertiary/aromatic N) is 2. The van der Waals surface area contributed by atoms with Crippen LogP contribution in [0.1, 0.15) is 5.56 Å². The van der Waals surface area contributed by atoms with Gasteiger partial charge >= 0.3 is 0 Å². The van der Waals surface area contributed by atoms with Crippen molar-refractivity contribution in [3.8, 4) is 0 Å². The summed E-state index contributed by atoms with van der Waals surface area (Å²) in [5, 5.41) is 11.0. The maximum Gasteiger partial charge on any atom is 0.0911 e. The topological polar surface area (TPSA) is 40.9 Å². The molecule has 0 aliphatic carbocycles. The molecule has 0 saturated carbocycles. The summed E-state index contributed by atoms with van der Waals surface area (Å²) in [6, 6.07) is 5.61. The van der Waals surface area contributed by atoms with Gasteiger partial charge in [0.1, 0.15) is 0 Å². The van der Waals surface area contributed by atoms with Crippen molar-refractivity contribution in [3.63, 3.8) is 0 Å². The second kappa shape index (κ2) is 1.99. The standard InChI is InChI=1S/C8H7N2O/c1-6-2-3-7-8(4-6)10(11)5-9-7/h2-5H,1H3/q-1. The fraction of sp³-hybridized carbons (Fsp3) is 0.125. The molecule has 0 unspecified atom stereocenters. The highest BCUT2D eigenvalue weighted by atomic mass is 16.5. The van der Waals surface area contributed by atoms with Gasteiger partial charge in [0, 0.05) is 0 Å². The summed E-state index contributed by atoms with van der Waals surface area (Å²) in [7, 11) is 0. The van der Waals surface area contributed by atoms with Gasteiger partial charge in [0.15, 0.2) is 0 Å². The summed E-state index contributed by atoms with van der Waals surface area (Å²) >= 11 is 0. The Bertz CT molecular complexity index is 392. The van der Waals surface area contributed by atoms with E-state index in [1.807, 2.05) is 25.1 Å². The van der Waals surface area contributed by atoms with Gasteiger partial charge in [0.2, 0.25) is 0 Å². The summed E-state index contributed by atoms with van der Waals surface area (Å²) in [6.45, 7) is 1.95. The van der Waals surface area contributed by atoms with E-state index in [0.717, 1.165) is 15.8 Å². The van der Waals surface area contributed by atoms with Crippen LogP contribution in [0.2, 0.25) is 0 Å². The minimum Gasteiger partial charge on any atom is -0.805 e. The molecule has 0 aliphatic rings. The van der Waals surface area contributed by atoms with E-state index in [2.05, 4.69) is 4.98 Å². The van der Waals surface area contributed by atoms with Crippen molar-refractivity contribution in [2.75, 3.05) is 0 Å². The Balaban J connectivity index is 2.87. The Kier molecular flexibility index (Phi) is 1.12. The second-order valence-electron chi connectivity index (χ2n) is 2.56. The van der Waals surface area contributed by atoms with E-state index in [9.17, 15) is 5.21 Å².